The van der Waals surface area contributed by atoms with E-state index in [0.29, 0.717) is 55.8 Å². The van der Waals surface area contributed by atoms with Crippen LogP contribution in [0.1, 0.15) is 33.9 Å². The van der Waals surface area contributed by atoms with Crippen molar-refractivity contribution in [2.75, 3.05) is 39.6 Å². The van der Waals surface area contributed by atoms with Crippen LogP contribution in [0.2, 0.25) is 0 Å². The van der Waals surface area contributed by atoms with Gasteiger partial charge in [0.1, 0.15) is 0 Å². The second-order valence-electron chi connectivity index (χ2n) is 7.89. The van der Waals surface area contributed by atoms with Gasteiger partial charge in [-0.15, -0.1) is 11.3 Å². The number of fused-ring (bicyclic) bond motifs is 1. The highest BCUT2D eigenvalue weighted by Gasteiger charge is 2.29. The van der Waals surface area contributed by atoms with E-state index in [2.05, 4.69) is 13.8 Å². The van der Waals surface area contributed by atoms with E-state index in [1.165, 1.54) is 11.3 Å². The van der Waals surface area contributed by atoms with Gasteiger partial charge >= 0.3 is 0 Å². The Kier molecular flexibility index (Phi) is 6.24. The highest BCUT2D eigenvalue weighted by atomic mass is 32.1. The van der Waals surface area contributed by atoms with E-state index in [1.54, 1.807) is 18.2 Å². The van der Waals surface area contributed by atoms with Crippen molar-refractivity contribution in [1.29, 1.82) is 0 Å². The molecule has 1 aromatic heterocycles. The average Bonchev–Trinajstić information content (AvgIpc) is 3.43. The summed E-state index contributed by atoms with van der Waals surface area (Å²) in [7, 11) is 0. The maximum Gasteiger partial charge on any atom is 0.264 e. The zero-order valence-electron chi connectivity index (χ0n) is 17.2. The van der Waals surface area contributed by atoms with E-state index in [9.17, 15) is 9.59 Å². The summed E-state index contributed by atoms with van der Waals surface area (Å²) in [6.45, 7) is 6.86. The zero-order chi connectivity index (χ0) is 21.1. The number of carbonyl (C=O) groups is 2. The summed E-state index contributed by atoms with van der Waals surface area (Å²) in [5.74, 6) is 1.49. The van der Waals surface area contributed by atoms with Crippen LogP contribution >= 0.6 is 11.3 Å². The highest BCUT2D eigenvalue weighted by molar-refractivity contribution is 7.12. The van der Waals surface area contributed by atoms with Crippen LogP contribution < -0.4 is 9.47 Å². The molecule has 30 heavy (non-hydrogen) atoms. The molecule has 3 heterocycles. The first-order valence-corrected chi connectivity index (χ1v) is 11.0. The lowest BCUT2D eigenvalue weighted by Gasteiger charge is -2.36. The molecular weight excluding hydrogens is 404 g/mol. The molecule has 2 amide bonds. The lowest BCUT2D eigenvalue weighted by Crippen LogP contribution is -2.51. The van der Waals surface area contributed by atoms with E-state index in [1.807, 2.05) is 27.3 Å². The number of morpholine rings is 1. The van der Waals surface area contributed by atoms with Crippen molar-refractivity contribution in [3.63, 3.8) is 0 Å². The normalized spacial score (nSPS) is 18.0. The monoisotopic (exact) mass is 430 g/mol. The number of amides is 2. The summed E-state index contributed by atoms with van der Waals surface area (Å²) >= 11 is 1.44. The Labute approximate surface area is 180 Å². The molecule has 0 spiro atoms. The predicted molar refractivity (Wildman–Crippen MR) is 113 cm³/mol. The molecule has 1 unspecified atom stereocenters. The molecule has 1 atom stereocenters. The lowest BCUT2D eigenvalue weighted by molar-refractivity contribution is -0.0338. The number of nitrogens with zero attached hydrogens (tertiary/aromatic N) is 2. The summed E-state index contributed by atoms with van der Waals surface area (Å²) in [6.07, 6.45) is -0.223. The van der Waals surface area contributed by atoms with Gasteiger partial charge in [0.05, 0.1) is 17.6 Å². The van der Waals surface area contributed by atoms with Crippen molar-refractivity contribution >= 4 is 23.2 Å². The van der Waals surface area contributed by atoms with Gasteiger partial charge < -0.3 is 24.0 Å². The maximum absolute atomic E-state index is 13.3. The van der Waals surface area contributed by atoms with Crippen LogP contribution in [0.3, 0.4) is 0 Å². The quantitative estimate of drug-likeness (QED) is 0.704. The van der Waals surface area contributed by atoms with Gasteiger partial charge in [0.25, 0.3) is 11.8 Å². The van der Waals surface area contributed by atoms with Gasteiger partial charge in [0.15, 0.2) is 11.5 Å². The molecule has 1 fully saturated rings. The number of rotatable bonds is 6. The van der Waals surface area contributed by atoms with Crippen molar-refractivity contribution < 1.29 is 23.8 Å². The number of carbonyl (C=O) groups excluding carboxylic acids is 2. The standard InChI is InChI=1S/C22H26N2O5S/c1-15(2)11-24(21(25)16-5-6-18-19(10-16)29-14-28-18)13-17-12-23(7-8-27-17)22(26)20-4-3-9-30-20/h3-6,9-10,15,17H,7-8,11-14H2,1-2H3. The Hall–Kier alpha value is -2.58. The summed E-state index contributed by atoms with van der Waals surface area (Å²) in [5, 5.41) is 1.90. The lowest BCUT2D eigenvalue weighted by atomic mass is 10.1. The minimum absolute atomic E-state index is 0.0239. The van der Waals surface area contributed by atoms with Crippen LogP contribution in [0, 0.1) is 5.92 Å². The Balaban J connectivity index is 1.46. The molecule has 2 aromatic rings. The van der Waals surface area contributed by atoms with Crippen molar-refractivity contribution in [2.45, 2.75) is 20.0 Å². The fraction of sp³-hybridized carbons (Fsp3) is 0.455. The molecule has 2 aliphatic rings. The van der Waals surface area contributed by atoms with E-state index in [-0.39, 0.29) is 24.7 Å². The fourth-order valence-corrected chi connectivity index (χ4v) is 4.40. The molecule has 2 aliphatic heterocycles. The number of hydrogen-bond acceptors (Lipinski definition) is 6. The molecule has 0 saturated carbocycles. The van der Waals surface area contributed by atoms with E-state index in [4.69, 9.17) is 14.2 Å². The number of ether oxygens (including phenoxy) is 3. The van der Waals surface area contributed by atoms with Gasteiger partial charge in [-0.3, -0.25) is 9.59 Å². The number of benzene rings is 1. The van der Waals surface area contributed by atoms with Gasteiger partial charge in [-0.2, -0.15) is 0 Å². The van der Waals surface area contributed by atoms with Crippen LogP contribution in [0.15, 0.2) is 35.7 Å². The predicted octanol–water partition coefficient (Wildman–Crippen LogP) is 3.12. The molecule has 0 N–H and O–H groups in total. The molecule has 8 heteroatoms. The van der Waals surface area contributed by atoms with Crippen molar-refractivity contribution in [3.8, 4) is 11.5 Å². The van der Waals surface area contributed by atoms with E-state index >= 15 is 0 Å². The second kappa shape index (κ2) is 9.06. The van der Waals surface area contributed by atoms with Gasteiger partial charge in [-0.25, -0.2) is 0 Å². The molecule has 4 rings (SSSR count). The summed E-state index contributed by atoms with van der Waals surface area (Å²) in [6, 6.07) is 8.97. The Bertz CT molecular complexity index is 899. The Morgan fingerprint density at radius 1 is 1.23 bits per heavy atom. The SMILES string of the molecule is CC(C)CN(CC1CN(C(=O)c2cccs2)CCO1)C(=O)c1ccc2c(c1)OCO2. The van der Waals surface area contributed by atoms with Crippen LogP contribution in [0.5, 0.6) is 11.5 Å². The average molecular weight is 431 g/mol. The van der Waals surface area contributed by atoms with E-state index in [0.717, 1.165) is 4.88 Å². The number of thiophene rings is 1. The van der Waals surface area contributed by atoms with Crippen LogP contribution in [-0.2, 0) is 4.74 Å². The highest BCUT2D eigenvalue weighted by Crippen LogP contribution is 2.33. The molecule has 1 aromatic carbocycles. The smallest absolute Gasteiger partial charge is 0.264 e. The van der Waals surface area contributed by atoms with Crippen LogP contribution in [-0.4, -0.2) is 67.3 Å². The van der Waals surface area contributed by atoms with Gasteiger partial charge in [-0.1, -0.05) is 19.9 Å². The van der Waals surface area contributed by atoms with Crippen LogP contribution in [0.4, 0.5) is 0 Å². The fourth-order valence-electron chi connectivity index (χ4n) is 3.71. The molecule has 1 saturated heterocycles. The summed E-state index contributed by atoms with van der Waals surface area (Å²) in [5.41, 5.74) is 0.558. The first kappa shape index (κ1) is 20.7. The zero-order valence-corrected chi connectivity index (χ0v) is 18.0. The molecule has 0 radical (unpaired) electrons. The maximum atomic E-state index is 13.3. The number of hydrogen-bond donors (Lipinski definition) is 0. The molecule has 7 nitrogen and oxygen atoms in total. The third-order valence-corrected chi connectivity index (χ3v) is 5.93. The van der Waals surface area contributed by atoms with Gasteiger partial charge in [0, 0.05) is 31.7 Å². The Morgan fingerprint density at radius 3 is 2.83 bits per heavy atom. The first-order chi connectivity index (χ1) is 14.5. The van der Waals surface area contributed by atoms with Crippen molar-refractivity contribution in [2.24, 2.45) is 5.92 Å². The van der Waals surface area contributed by atoms with Crippen molar-refractivity contribution in [3.05, 3.63) is 46.2 Å². The Morgan fingerprint density at radius 2 is 2.07 bits per heavy atom. The molecule has 0 bridgehead atoms. The molecule has 160 valence electrons. The van der Waals surface area contributed by atoms with Crippen molar-refractivity contribution in [1.82, 2.24) is 9.80 Å². The molecule has 0 aliphatic carbocycles. The third-order valence-electron chi connectivity index (χ3n) is 5.07. The largest absolute Gasteiger partial charge is 0.454 e. The third kappa shape index (κ3) is 4.60. The van der Waals surface area contributed by atoms with Gasteiger partial charge in [0.2, 0.25) is 6.79 Å². The van der Waals surface area contributed by atoms with E-state index < -0.39 is 0 Å². The second-order valence-corrected chi connectivity index (χ2v) is 8.84. The van der Waals surface area contributed by atoms with Crippen LogP contribution in [0.25, 0.3) is 0 Å². The minimum atomic E-state index is -0.223. The minimum Gasteiger partial charge on any atom is -0.454 e. The molecular formula is C22H26N2O5S. The first-order valence-electron chi connectivity index (χ1n) is 10.1. The summed E-state index contributed by atoms with van der Waals surface area (Å²) in [4.78, 5) is 30.3. The summed E-state index contributed by atoms with van der Waals surface area (Å²) < 4.78 is 16.7. The topological polar surface area (TPSA) is 68.3 Å². The van der Waals surface area contributed by atoms with Gasteiger partial charge in [-0.05, 0) is 35.6 Å².